The van der Waals surface area contributed by atoms with Gasteiger partial charge in [-0.1, -0.05) is 29.3 Å². The second-order valence-corrected chi connectivity index (χ2v) is 11.3. The van der Waals surface area contributed by atoms with E-state index in [1.54, 1.807) is 37.3 Å². The first-order valence-corrected chi connectivity index (χ1v) is 14.4. The highest BCUT2D eigenvalue weighted by molar-refractivity contribution is 6.35. The maximum Gasteiger partial charge on any atom is 0.416 e. The summed E-state index contributed by atoms with van der Waals surface area (Å²) in [5.74, 6) is -0.600. The van der Waals surface area contributed by atoms with Crippen LogP contribution in [0.2, 0.25) is 10.0 Å². The summed E-state index contributed by atoms with van der Waals surface area (Å²) in [6, 6.07) is 7.53. The van der Waals surface area contributed by atoms with Gasteiger partial charge in [-0.3, -0.25) is 9.59 Å². The number of nitrogens with zero attached hydrogens (tertiary/aromatic N) is 2. The van der Waals surface area contributed by atoms with Crippen LogP contribution in [0.15, 0.2) is 36.4 Å². The van der Waals surface area contributed by atoms with Gasteiger partial charge in [0.05, 0.1) is 18.7 Å². The van der Waals surface area contributed by atoms with Crippen LogP contribution < -0.4 is 20.9 Å². The summed E-state index contributed by atoms with van der Waals surface area (Å²) in [4.78, 5) is 30.0. The molecule has 2 amide bonds. The van der Waals surface area contributed by atoms with Crippen molar-refractivity contribution in [2.45, 2.75) is 51.1 Å². The van der Waals surface area contributed by atoms with Crippen molar-refractivity contribution in [3.05, 3.63) is 63.1 Å². The Morgan fingerprint density at radius 1 is 1.12 bits per heavy atom. The monoisotopic (exact) mass is 631 g/mol. The quantitative estimate of drug-likeness (QED) is 0.327. The standard InChI is InChI=1S/C29H38Cl2F3N5O3/c1-18(17-42-4)36-14-21-11-22(29(32,33)34)6-8-26(21)38-9-10-39(19(2)16-38)28(41)25(37-27(40)15-35-3)12-20-5-7-23(30)13-24(20)31/h5-8,11,13,18-19,25,35-36H,9-10,12,14-17H2,1-4H3,(H,37,40)/t18?,19-,25+/m0/s1. The molecule has 0 spiro atoms. The SMILES string of the molecule is CNCC(=O)N[C@H](Cc1ccc(Cl)cc1Cl)C(=O)N1CCN(c2ccc(C(F)(F)F)cc2CNC(C)COC)C[C@@H]1C. The van der Waals surface area contributed by atoms with Gasteiger partial charge in [0.1, 0.15) is 6.04 Å². The number of likely N-dealkylation sites (N-methyl/N-ethyl adjacent to an activating group) is 1. The average Bonchev–Trinajstić information content (AvgIpc) is 2.92. The lowest BCUT2D eigenvalue weighted by Gasteiger charge is -2.43. The van der Waals surface area contributed by atoms with E-state index >= 15 is 0 Å². The summed E-state index contributed by atoms with van der Waals surface area (Å²) in [6.45, 7) is 5.58. The molecule has 1 heterocycles. The molecule has 0 saturated carbocycles. The molecule has 3 atom stereocenters. The van der Waals surface area contributed by atoms with Crippen LogP contribution in [0.3, 0.4) is 0 Å². The number of alkyl halides is 3. The highest BCUT2D eigenvalue weighted by atomic mass is 35.5. The van der Waals surface area contributed by atoms with Crippen molar-refractivity contribution in [2.24, 2.45) is 0 Å². The van der Waals surface area contributed by atoms with Crippen molar-refractivity contribution in [3.63, 3.8) is 0 Å². The summed E-state index contributed by atoms with van der Waals surface area (Å²) in [6.07, 6.45) is -4.30. The van der Waals surface area contributed by atoms with E-state index in [-0.39, 0.29) is 43.4 Å². The largest absolute Gasteiger partial charge is 0.416 e. The minimum Gasteiger partial charge on any atom is -0.383 e. The number of methoxy groups -OCH3 is 1. The Kier molecular flexibility index (Phi) is 12.3. The molecule has 1 aliphatic heterocycles. The van der Waals surface area contributed by atoms with E-state index in [9.17, 15) is 22.8 Å². The Bertz CT molecular complexity index is 1230. The van der Waals surface area contributed by atoms with Crippen LogP contribution >= 0.6 is 23.2 Å². The molecule has 1 unspecified atom stereocenters. The van der Waals surface area contributed by atoms with Gasteiger partial charge in [-0.05, 0) is 62.4 Å². The number of benzene rings is 2. The van der Waals surface area contributed by atoms with Crippen molar-refractivity contribution in [1.82, 2.24) is 20.9 Å². The van der Waals surface area contributed by atoms with Crippen molar-refractivity contribution in [1.29, 1.82) is 0 Å². The molecule has 2 aromatic carbocycles. The molecule has 1 fully saturated rings. The fraction of sp³-hybridized carbons (Fsp3) is 0.517. The molecule has 8 nitrogen and oxygen atoms in total. The van der Waals surface area contributed by atoms with Crippen molar-refractivity contribution >= 4 is 40.7 Å². The Hall–Kier alpha value is -2.57. The van der Waals surface area contributed by atoms with Gasteiger partial charge in [0.15, 0.2) is 0 Å². The zero-order chi connectivity index (χ0) is 31.0. The van der Waals surface area contributed by atoms with Crippen LogP contribution in [0, 0.1) is 0 Å². The van der Waals surface area contributed by atoms with Gasteiger partial charge in [0, 0.05) is 67.5 Å². The van der Waals surface area contributed by atoms with Gasteiger partial charge in [0.2, 0.25) is 11.8 Å². The van der Waals surface area contributed by atoms with E-state index in [0.29, 0.717) is 53.1 Å². The molecule has 42 heavy (non-hydrogen) atoms. The minimum absolute atomic E-state index is 0.0369. The molecule has 0 aliphatic carbocycles. The number of carbonyl (C=O) groups is 2. The lowest BCUT2D eigenvalue weighted by Crippen LogP contribution is -2.59. The topological polar surface area (TPSA) is 85.9 Å². The number of hydrogen-bond donors (Lipinski definition) is 3. The van der Waals surface area contributed by atoms with Gasteiger partial charge in [-0.15, -0.1) is 0 Å². The molecule has 3 rings (SSSR count). The molecule has 0 aromatic heterocycles. The third kappa shape index (κ3) is 9.21. The summed E-state index contributed by atoms with van der Waals surface area (Å²) in [5.41, 5.74) is 1.13. The summed E-state index contributed by atoms with van der Waals surface area (Å²) in [5, 5.41) is 9.67. The Labute approximate surface area is 254 Å². The first-order chi connectivity index (χ1) is 19.8. The first kappa shape index (κ1) is 33.9. The molecule has 3 N–H and O–H groups in total. The molecule has 232 valence electrons. The third-order valence-corrected chi connectivity index (χ3v) is 7.71. The number of nitrogens with one attached hydrogen (secondary N) is 3. The second-order valence-electron chi connectivity index (χ2n) is 10.5. The highest BCUT2D eigenvalue weighted by Gasteiger charge is 2.35. The number of carbonyl (C=O) groups excluding carboxylic acids is 2. The van der Waals surface area contributed by atoms with Crippen molar-refractivity contribution in [2.75, 3.05) is 51.8 Å². The molecule has 2 aromatic rings. The fourth-order valence-electron chi connectivity index (χ4n) is 5.02. The number of piperazine rings is 1. The predicted molar refractivity (Wildman–Crippen MR) is 159 cm³/mol. The zero-order valence-electron chi connectivity index (χ0n) is 24.2. The van der Waals surface area contributed by atoms with Gasteiger partial charge in [-0.25, -0.2) is 0 Å². The first-order valence-electron chi connectivity index (χ1n) is 13.7. The normalized spacial score (nSPS) is 17.2. The minimum atomic E-state index is -4.47. The fourth-order valence-corrected chi connectivity index (χ4v) is 5.51. The maximum absolute atomic E-state index is 13.8. The molecule has 1 aliphatic rings. The van der Waals surface area contributed by atoms with Gasteiger partial charge in [0.25, 0.3) is 0 Å². The highest BCUT2D eigenvalue weighted by Crippen LogP contribution is 2.34. The molecule has 13 heteroatoms. The Balaban J connectivity index is 1.80. The van der Waals surface area contributed by atoms with Crippen LogP contribution in [0.5, 0.6) is 0 Å². The second kappa shape index (κ2) is 15.2. The molecule has 0 bridgehead atoms. The van der Waals surface area contributed by atoms with Crippen LogP contribution in [-0.2, 0) is 33.5 Å². The maximum atomic E-state index is 13.8. The van der Waals surface area contributed by atoms with Gasteiger partial charge in [-0.2, -0.15) is 13.2 Å². The van der Waals surface area contributed by atoms with E-state index in [1.165, 1.54) is 12.1 Å². The molecule has 1 saturated heterocycles. The van der Waals surface area contributed by atoms with E-state index < -0.39 is 17.8 Å². The number of ether oxygens (including phenoxy) is 1. The average molecular weight is 633 g/mol. The van der Waals surface area contributed by atoms with E-state index in [0.717, 1.165) is 6.07 Å². The lowest BCUT2D eigenvalue weighted by atomic mass is 10.0. The summed E-state index contributed by atoms with van der Waals surface area (Å²) >= 11 is 12.4. The van der Waals surface area contributed by atoms with E-state index in [2.05, 4.69) is 16.0 Å². The van der Waals surface area contributed by atoms with Crippen LogP contribution in [0.25, 0.3) is 0 Å². The Morgan fingerprint density at radius 2 is 1.86 bits per heavy atom. The van der Waals surface area contributed by atoms with Gasteiger partial charge < -0.3 is 30.5 Å². The Morgan fingerprint density at radius 3 is 2.48 bits per heavy atom. The van der Waals surface area contributed by atoms with E-state index in [1.807, 2.05) is 18.7 Å². The van der Waals surface area contributed by atoms with Crippen LogP contribution in [0.4, 0.5) is 18.9 Å². The third-order valence-electron chi connectivity index (χ3n) is 7.13. The summed E-state index contributed by atoms with van der Waals surface area (Å²) < 4.78 is 45.7. The number of anilines is 1. The number of hydrogen-bond acceptors (Lipinski definition) is 6. The van der Waals surface area contributed by atoms with Crippen LogP contribution in [0.1, 0.15) is 30.5 Å². The zero-order valence-corrected chi connectivity index (χ0v) is 25.7. The number of amides is 2. The summed E-state index contributed by atoms with van der Waals surface area (Å²) in [7, 11) is 3.20. The lowest BCUT2D eigenvalue weighted by molar-refractivity contribution is -0.138. The van der Waals surface area contributed by atoms with Crippen molar-refractivity contribution in [3.8, 4) is 0 Å². The van der Waals surface area contributed by atoms with Crippen LogP contribution in [-0.4, -0.2) is 81.8 Å². The van der Waals surface area contributed by atoms with Gasteiger partial charge >= 0.3 is 6.18 Å². The number of halogens is 5. The number of rotatable bonds is 12. The molecular formula is C29H38Cl2F3N5O3. The molecule has 0 radical (unpaired) electrons. The van der Waals surface area contributed by atoms with E-state index in [4.69, 9.17) is 27.9 Å². The smallest absolute Gasteiger partial charge is 0.383 e. The molecular weight excluding hydrogens is 594 g/mol. The predicted octanol–water partition coefficient (Wildman–Crippen LogP) is 4.12. The van der Waals surface area contributed by atoms with Crippen molar-refractivity contribution < 1.29 is 27.5 Å².